The zero-order valence-electron chi connectivity index (χ0n) is 14.5. The smallest absolute Gasteiger partial charge is 0.387 e. The Kier molecular flexibility index (Phi) is 4.20. The van der Waals surface area contributed by atoms with Gasteiger partial charge in [0.25, 0.3) is 5.56 Å². The van der Waals surface area contributed by atoms with E-state index in [0.717, 1.165) is 38.8 Å². The van der Waals surface area contributed by atoms with Gasteiger partial charge >= 0.3 is 12.3 Å². The minimum Gasteiger partial charge on any atom is -0.430 e. The van der Waals surface area contributed by atoms with E-state index in [4.69, 9.17) is 4.74 Å². The van der Waals surface area contributed by atoms with Gasteiger partial charge in [-0.2, -0.15) is 8.78 Å². The first kappa shape index (κ1) is 17.1. The van der Waals surface area contributed by atoms with Crippen molar-refractivity contribution < 1.29 is 13.5 Å². The van der Waals surface area contributed by atoms with Crippen molar-refractivity contribution in [1.82, 2.24) is 9.55 Å². The second-order valence-corrected chi connectivity index (χ2v) is 7.06. The van der Waals surface area contributed by atoms with Crippen LogP contribution in [-0.4, -0.2) is 29.3 Å². The Morgan fingerprint density at radius 2 is 2.04 bits per heavy atom. The number of ether oxygens (including phenoxy) is 1. The molecule has 2 fully saturated rings. The molecule has 1 N–H and O–H groups in total. The molecule has 2 aliphatic rings. The quantitative estimate of drug-likeness (QED) is 0.885. The van der Waals surface area contributed by atoms with Crippen LogP contribution in [0.3, 0.4) is 0 Å². The summed E-state index contributed by atoms with van der Waals surface area (Å²) in [7, 11) is 0. The zero-order valence-corrected chi connectivity index (χ0v) is 14.5. The fourth-order valence-electron chi connectivity index (χ4n) is 3.83. The minimum atomic E-state index is -3.04. The van der Waals surface area contributed by atoms with Gasteiger partial charge in [-0.3, -0.25) is 14.3 Å². The Labute approximate surface area is 148 Å². The molecule has 0 amide bonds. The van der Waals surface area contributed by atoms with Crippen LogP contribution >= 0.6 is 0 Å². The second kappa shape index (κ2) is 6.41. The Morgan fingerprint density at radius 3 is 2.65 bits per heavy atom. The van der Waals surface area contributed by atoms with Gasteiger partial charge in [0.2, 0.25) is 0 Å². The third-order valence-electron chi connectivity index (χ3n) is 5.36. The molecule has 1 aliphatic carbocycles. The third-order valence-corrected chi connectivity index (χ3v) is 5.36. The molecule has 0 spiro atoms. The standard InChI is InChI=1S/C18H21F2N3O3/c1-2-10-7-8-22(9-10)13-6-5-12-14(15(13)26-17(19)20)23(11-3-4-11)18(25)21-16(12)24/h5-6,10-11,17H,2-4,7-9H2,1H3,(H,21,24,25)/t10-/m1/s1. The summed E-state index contributed by atoms with van der Waals surface area (Å²) in [6, 6.07) is 3.16. The molecule has 0 bridgehead atoms. The maximum atomic E-state index is 13.2. The highest BCUT2D eigenvalue weighted by molar-refractivity contribution is 5.90. The normalized spacial score (nSPS) is 20.3. The van der Waals surface area contributed by atoms with Crippen molar-refractivity contribution in [3.63, 3.8) is 0 Å². The average molecular weight is 365 g/mol. The van der Waals surface area contributed by atoms with Gasteiger partial charge in [-0.25, -0.2) is 4.79 Å². The summed E-state index contributed by atoms with van der Waals surface area (Å²) in [4.78, 5) is 28.9. The SMILES string of the molecule is CC[C@@H]1CCN(c2ccc3c(=O)[nH]c(=O)n(C4CC4)c3c2OC(F)F)C1. The monoisotopic (exact) mass is 365 g/mol. The molecule has 140 valence electrons. The van der Waals surface area contributed by atoms with Crippen molar-refractivity contribution in [2.45, 2.75) is 45.3 Å². The van der Waals surface area contributed by atoms with Crippen molar-refractivity contribution in [2.24, 2.45) is 5.92 Å². The molecule has 6 nitrogen and oxygen atoms in total. The van der Waals surface area contributed by atoms with Gasteiger partial charge in [0.1, 0.15) is 5.52 Å². The summed E-state index contributed by atoms with van der Waals surface area (Å²) in [5.41, 5.74) is -0.457. The molecule has 1 saturated carbocycles. The van der Waals surface area contributed by atoms with E-state index in [-0.39, 0.29) is 22.7 Å². The predicted octanol–water partition coefficient (Wildman–Crippen LogP) is 2.86. The van der Waals surface area contributed by atoms with Gasteiger partial charge in [0.15, 0.2) is 5.75 Å². The summed E-state index contributed by atoms with van der Waals surface area (Å²) >= 11 is 0. The van der Waals surface area contributed by atoms with E-state index in [2.05, 4.69) is 11.9 Å². The molecular formula is C18H21F2N3O3. The lowest BCUT2D eigenvalue weighted by molar-refractivity contribution is -0.0487. The number of benzene rings is 1. The van der Waals surface area contributed by atoms with Crippen LogP contribution in [-0.2, 0) is 0 Å². The Bertz CT molecular complexity index is 949. The highest BCUT2D eigenvalue weighted by atomic mass is 19.3. The summed E-state index contributed by atoms with van der Waals surface area (Å²) in [5.74, 6) is 0.430. The number of anilines is 1. The highest BCUT2D eigenvalue weighted by Gasteiger charge is 2.32. The molecule has 26 heavy (non-hydrogen) atoms. The molecule has 1 aromatic heterocycles. The first-order valence-electron chi connectivity index (χ1n) is 9.01. The van der Waals surface area contributed by atoms with Crippen LogP contribution < -0.4 is 20.9 Å². The Balaban J connectivity index is 1.97. The lowest BCUT2D eigenvalue weighted by atomic mass is 10.1. The van der Waals surface area contributed by atoms with E-state index in [0.29, 0.717) is 11.6 Å². The van der Waals surface area contributed by atoms with E-state index in [1.165, 1.54) is 4.57 Å². The maximum Gasteiger partial charge on any atom is 0.387 e. The number of alkyl halides is 2. The number of halogens is 2. The zero-order chi connectivity index (χ0) is 18.4. The maximum absolute atomic E-state index is 13.2. The number of hydrogen-bond donors (Lipinski definition) is 1. The van der Waals surface area contributed by atoms with Gasteiger partial charge in [-0.15, -0.1) is 0 Å². The molecule has 8 heteroatoms. The molecular weight excluding hydrogens is 344 g/mol. The summed E-state index contributed by atoms with van der Waals surface area (Å²) < 4.78 is 32.7. The molecule has 1 saturated heterocycles. The van der Waals surface area contributed by atoms with Crippen molar-refractivity contribution >= 4 is 16.6 Å². The molecule has 1 aromatic carbocycles. The van der Waals surface area contributed by atoms with E-state index in [1.54, 1.807) is 12.1 Å². The number of hydrogen-bond acceptors (Lipinski definition) is 4. The Hall–Kier alpha value is -2.38. The fourth-order valence-corrected chi connectivity index (χ4v) is 3.83. The summed E-state index contributed by atoms with van der Waals surface area (Å²) in [6.45, 7) is 0.555. The minimum absolute atomic E-state index is 0.0654. The van der Waals surface area contributed by atoms with Crippen LogP contribution in [0.2, 0.25) is 0 Å². The van der Waals surface area contributed by atoms with Crippen LogP contribution in [0.4, 0.5) is 14.5 Å². The van der Waals surface area contributed by atoms with E-state index in [1.807, 2.05) is 4.90 Å². The number of aromatic amines is 1. The third kappa shape index (κ3) is 2.87. The fraction of sp³-hybridized carbons (Fsp3) is 0.556. The van der Waals surface area contributed by atoms with Crippen LogP contribution in [0.15, 0.2) is 21.7 Å². The lowest BCUT2D eigenvalue weighted by Gasteiger charge is -2.24. The van der Waals surface area contributed by atoms with Gasteiger partial charge < -0.3 is 9.64 Å². The van der Waals surface area contributed by atoms with E-state index >= 15 is 0 Å². The summed E-state index contributed by atoms with van der Waals surface area (Å²) in [6.07, 6.45) is 3.55. The van der Waals surface area contributed by atoms with E-state index < -0.39 is 17.9 Å². The topological polar surface area (TPSA) is 67.3 Å². The van der Waals surface area contributed by atoms with Gasteiger partial charge in [-0.1, -0.05) is 13.3 Å². The van der Waals surface area contributed by atoms with Crippen LogP contribution in [0.5, 0.6) is 5.75 Å². The van der Waals surface area contributed by atoms with Crippen LogP contribution in [0, 0.1) is 5.92 Å². The number of fused-ring (bicyclic) bond motifs is 1. The van der Waals surface area contributed by atoms with Crippen LogP contribution in [0.1, 0.15) is 38.6 Å². The molecule has 4 rings (SSSR count). The number of nitrogens with zero attached hydrogens (tertiary/aromatic N) is 2. The van der Waals surface area contributed by atoms with E-state index in [9.17, 15) is 18.4 Å². The average Bonchev–Trinajstić information content (AvgIpc) is 3.31. The van der Waals surface area contributed by atoms with Crippen molar-refractivity contribution in [3.05, 3.63) is 33.0 Å². The number of H-pyrrole nitrogens is 1. The molecule has 0 unspecified atom stereocenters. The predicted molar refractivity (Wildman–Crippen MR) is 94.3 cm³/mol. The van der Waals surface area contributed by atoms with Gasteiger partial charge in [0.05, 0.1) is 11.1 Å². The number of rotatable bonds is 5. The van der Waals surface area contributed by atoms with Crippen molar-refractivity contribution in [1.29, 1.82) is 0 Å². The first-order chi connectivity index (χ1) is 12.5. The second-order valence-electron chi connectivity index (χ2n) is 7.06. The summed E-state index contributed by atoms with van der Waals surface area (Å²) in [5, 5.41) is 0.196. The van der Waals surface area contributed by atoms with Crippen LogP contribution in [0.25, 0.3) is 10.9 Å². The lowest BCUT2D eigenvalue weighted by Crippen LogP contribution is -2.31. The molecule has 1 aliphatic heterocycles. The molecule has 2 aromatic rings. The van der Waals surface area contributed by atoms with Gasteiger partial charge in [0, 0.05) is 19.1 Å². The first-order valence-corrected chi connectivity index (χ1v) is 9.01. The van der Waals surface area contributed by atoms with Crippen molar-refractivity contribution in [2.75, 3.05) is 18.0 Å². The van der Waals surface area contributed by atoms with Crippen molar-refractivity contribution in [3.8, 4) is 5.75 Å². The van der Waals surface area contributed by atoms with Gasteiger partial charge in [-0.05, 0) is 37.3 Å². The number of nitrogens with one attached hydrogen (secondary N) is 1. The number of aromatic nitrogens is 2. The molecule has 2 heterocycles. The highest BCUT2D eigenvalue weighted by Crippen LogP contribution is 2.42. The largest absolute Gasteiger partial charge is 0.430 e. The Morgan fingerprint density at radius 1 is 1.27 bits per heavy atom. The molecule has 0 radical (unpaired) electrons. The molecule has 1 atom stereocenters.